The summed E-state index contributed by atoms with van der Waals surface area (Å²) in [6.45, 7) is 4.53. The Morgan fingerprint density at radius 3 is 1.67 bits per heavy atom. The quantitative estimate of drug-likeness (QED) is 0.184. The first-order valence-corrected chi connectivity index (χ1v) is 14.5. The zero-order valence-electron chi connectivity index (χ0n) is 25.5. The van der Waals surface area contributed by atoms with Gasteiger partial charge in [-0.15, -0.1) is 0 Å². The summed E-state index contributed by atoms with van der Waals surface area (Å²) >= 11 is 0. The summed E-state index contributed by atoms with van der Waals surface area (Å²) in [4.78, 5) is 29.7. The molecule has 0 unspecified atom stereocenters. The fourth-order valence-corrected chi connectivity index (χ4v) is 4.81. The topological polar surface area (TPSA) is 116 Å². The molecule has 3 N–H and O–H groups in total. The number of ketones is 1. The highest BCUT2D eigenvalue weighted by molar-refractivity contribution is 5.81. The van der Waals surface area contributed by atoms with E-state index in [1.54, 1.807) is 29.5 Å². The Bertz CT molecular complexity index is 1780. The van der Waals surface area contributed by atoms with Gasteiger partial charge in [-0.2, -0.15) is 0 Å². The van der Waals surface area contributed by atoms with Gasteiger partial charge in [-0.1, -0.05) is 84.9 Å². The van der Waals surface area contributed by atoms with Gasteiger partial charge in [0.15, 0.2) is 5.78 Å². The number of imidazole rings is 2. The molecule has 45 heavy (non-hydrogen) atoms. The van der Waals surface area contributed by atoms with E-state index in [2.05, 4.69) is 66.3 Å². The number of rotatable bonds is 8. The van der Waals surface area contributed by atoms with Crippen molar-refractivity contribution < 1.29 is 14.7 Å². The van der Waals surface area contributed by atoms with E-state index >= 15 is 0 Å². The van der Waals surface area contributed by atoms with Crippen molar-refractivity contribution in [3.05, 3.63) is 151 Å². The molecule has 0 fully saturated rings. The smallest absolute Gasteiger partial charge is 0.323 e. The number of aliphatic carboxylic acids is 1. The van der Waals surface area contributed by atoms with Crippen molar-refractivity contribution in [2.45, 2.75) is 33.4 Å². The predicted octanol–water partition coefficient (Wildman–Crippen LogP) is 6.88. The van der Waals surface area contributed by atoms with Gasteiger partial charge < -0.3 is 20.0 Å². The van der Waals surface area contributed by atoms with Crippen LogP contribution in [-0.4, -0.2) is 36.0 Å². The highest BCUT2D eigenvalue weighted by Gasteiger charge is 2.08. The van der Waals surface area contributed by atoms with Gasteiger partial charge in [0.2, 0.25) is 0 Å². The van der Waals surface area contributed by atoms with E-state index in [1.165, 1.54) is 44.3 Å². The molecule has 0 radical (unpaired) electrons. The predicted molar refractivity (Wildman–Crippen MR) is 178 cm³/mol. The summed E-state index contributed by atoms with van der Waals surface area (Å²) in [6, 6.07) is 32.9. The fourth-order valence-electron chi connectivity index (χ4n) is 4.81. The van der Waals surface area contributed by atoms with E-state index in [4.69, 9.17) is 10.8 Å². The number of benzene rings is 4. The average Bonchev–Trinajstić information content (AvgIpc) is 3.73. The van der Waals surface area contributed by atoms with Crippen LogP contribution in [0.1, 0.15) is 16.7 Å². The van der Waals surface area contributed by atoms with Gasteiger partial charge in [0.05, 0.1) is 19.2 Å². The van der Waals surface area contributed by atoms with Crippen molar-refractivity contribution in [2.75, 3.05) is 5.73 Å². The Labute approximate surface area is 263 Å². The standard InChI is InChI=1S/C19H18N2O.C13H13N.C5H6N2O2/c1-15-11-16(12-18(22)13-21-10-9-20-14-21)7-8-19(15)17-5-3-2-4-6-17;1-10-9-12(14)7-8-13(10)11-5-3-2-4-6-11;8-5(9)3-7-2-1-6-4-7/h2-11,14H,12-13H2,1H3;2-9H,14H2,1H3;1-2,4H,3H2,(H,8,9). The lowest BCUT2D eigenvalue weighted by Crippen LogP contribution is -2.11. The van der Waals surface area contributed by atoms with E-state index < -0.39 is 5.97 Å². The normalized spacial score (nSPS) is 10.2. The zero-order valence-corrected chi connectivity index (χ0v) is 25.5. The number of nitrogen functional groups attached to an aromatic ring is 1. The average molecular weight is 600 g/mol. The Hall–Kier alpha value is -5.76. The largest absolute Gasteiger partial charge is 0.480 e. The van der Waals surface area contributed by atoms with Crippen LogP contribution in [-0.2, 0) is 29.1 Å². The Morgan fingerprint density at radius 2 is 1.20 bits per heavy atom. The van der Waals surface area contributed by atoms with Crippen LogP contribution in [0.2, 0.25) is 0 Å². The van der Waals surface area contributed by atoms with Crippen LogP contribution < -0.4 is 5.73 Å². The first-order chi connectivity index (χ1) is 21.8. The molecule has 0 aliphatic heterocycles. The third-order valence-electron chi connectivity index (χ3n) is 6.91. The molecule has 0 aliphatic carbocycles. The Morgan fingerprint density at radius 1 is 0.689 bits per heavy atom. The van der Waals surface area contributed by atoms with E-state index in [-0.39, 0.29) is 12.3 Å². The first kappa shape index (κ1) is 32.2. The number of aryl methyl sites for hydroxylation is 2. The van der Waals surface area contributed by atoms with Crippen LogP contribution >= 0.6 is 0 Å². The Kier molecular flexibility index (Phi) is 11.6. The molecule has 8 nitrogen and oxygen atoms in total. The summed E-state index contributed by atoms with van der Waals surface area (Å²) < 4.78 is 3.29. The molecule has 8 heteroatoms. The van der Waals surface area contributed by atoms with Crippen molar-refractivity contribution in [3.8, 4) is 22.3 Å². The Balaban J connectivity index is 0.000000171. The van der Waals surface area contributed by atoms with Crippen LogP contribution in [0.15, 0.2) is 135 Å². The highest BCUT2D eigenvalue weighted by Crippen LogP contribution is 2.25. The molecule has 0 bridgehead atoms. The van der Waals surface area contributed by atoms with Gasteiger partial charge in [-0.05, 0) is 64.9 Å². The summed E-state index contributed by atoms with van der Waals surface area (Å²) in [6.07, 6.45) is 10.2. The number of anilines is 1. The van der Waals surface area contributed by atoms with Crippen molar-refractivity contribution in [1.82, 2.24) is 19.1 Å². The number of aromatic nitrogens is 4. The number of Topliss-reactive ketones (excluding diaryl/α,β-unsaturated/α-hetero) is 1. The molecule has 0 saturated heterocycles. The number of carbonyl (C=O) groups excluding carboxylic acids is 1. The van der Waals surface area contributed by atoms with Gasteiger partial charge in [0, 0.05) is 36.9 Å². The lowest BCUT2D eigenvalue weighted by Gasteiger charge is -2.09. The third kappa shape index (κ3) is 10.2. The van der Waals surface area contributed by atoms with Gasteiger partial charge >= 0.3 is 5.97 Å². The van der Waals surface area contributed by atoms with E-state index in [0.29, 0.717) is 13.0 Å². The van der Waals surface area contributed by atoms with Gasteiger partial charge in [-0.3, -0.25) is 9.59 Å². The van der Waals surface area contributed by atoms with E-state index in [0.717, 1.165) is 11.3 Å². The SMILES string of the molecule is Cc1cc(CC(=O)Cn2ccnc2)ccc1-c1ccccc1.Cc1cc(N)ccc1-c1ccccc1.O=C(O)Cn1ccnc1. The monoisotopic (exact) mass is 599 g/mol. The zero-order chi connectivity index (χ0) is 32.0. The molecule has 0 amide bonds. The van der Waals surface area contributed by atoms with Crippen molar-refractivity contribution in [3.63, 3.8) is 0 Å². The summed E-state index contributed by atoms with van der Waals surface area (Å²) in [5.74, 6) is -0.669. The van der Waals surface area contributed by atoms with Gasteiger partial charge in [-0.25, -0.2) is 9.97 Å². The number of carbonyl (C=O) groups is 2. The van der Waals surface area contributed by atoms with Gasteiger partial charge in [0.1, 0.15) is 6.54 Å². The molecule has 2 aromatic heterocycles. The van der Waals surface area contributed by atoms with Gasteiger partial charge in [0.25, 0.3) is 0 Å². The maximum Gasteiger partial charge on any atom is 0.323 e. The second-order valence-electron chi connectivity index (χ2n) is 10.5. The van der Waals surface area contributed by atoms with Crippen molar-refractivity contribution in [2.24, 2.45) is 0 Å². The number of carboxylic acids is 1. The number of nitrogens with zero attached hydrogens (tertiary/aromatic N) is 4. The molecule has 6 rings (SSSR count). The molecule has 0 atom stereocenters. The second-order valence-corrected chi connectivity index (χ2v) is 10.5. The highest BCUT2D eigenvalue weighted by atomic mass is 16.4. The van der Waals surface area contributed by atoms with Crippen molar-refractivity contribution >= 4 is 17.4 Å². The van der Waals surface area contributed by atoms with E-state index in [1.807, 2.05) is 60.8 Å². The van der Waals surface area contributed by atoms with Crippen LogP contribution in [0, 0.1) is 13.8 Å². The maximum absolute atomic E-state index is 12.1. The van der Waals surface area contributed by atoms with Crippen LogP contribution in [0.5, 0.6) is 0 Å². The number of nitrogens with two attached hydrogens (primary N) is 1. The van der Waals surface area contributed by atoms with Crippen molar-refractivity contribution in [1.29, 1.82) is 0 Å². The number of carboxylic acid groups (broad SMARTS) is 1. The summed E-state index contributed by atoms with van der Waals surface area (Å²) in [7, 11) is 0. The molecule has 6 aromatic rings. The number of hydrogen-bond donors (Lipinski definition) is 2. The third-order valence-corrected chi connectivity index (χ3v) is 6.91. The first-order valence-electron chi connectivity index (χ1n) is 14.5. The van der Waals surface area contributed by atoms with Crippen LogP contribution in [0.25, 0.3) is 22.3 Å². The molecule has 2 heterocycles. The van der Waals surface area contributed by atoms with Crippen LogP contribution in [0.4, 0.5) is 5.69 Å². The summed E-state index contributed by atoms with van der Waals surface area (Å²) in [5, 5.41) is 8.24. The molecule has 4 aromatic carbocycles. The fraction of sp³-hybridized carbons (Fsp3) is 0.135. The molecule has 228 valence electrons. The lowest BCUT2D eigenvalue weighted by molar-refractivity contribution is -0.137. The lowest BCUT2D eigenvalue weighted by atomic mass is 9.97. The molecular formula is C37H37N5O3. The molecule has 0 aliphatic rings. The molecule has 0 spiro atoms. The minimum absolute atomic E-state index is 0.0139. The minimum Gasteiger partial charge on any atom is -0.480 e. The van der Waals surface area contributed by atoms with E-state index in [9.17, 15) is 9.59 Å². The maximum atomic E-state index is 12.1. The number of hydrogen-bond acceptors (Lipinski definition) is 5. The summed E-state index contributed by atoms with van der Waals surface area (Å²) in [5.41, 5.74) is 14.9. The minimum atomic E-state index is -0.854. The second kappa shape index (κ2) is 16.2. The molecule has 0 saturated carbocycles. The van der Waals surface area contributed by atoms with Crippen LogP contribution in [0.3, 0.4) is 0 Å². The molecular weight excluding hydrogens is 562 g/mol.